The predicted molar refractivity (Wildman–Crippen MR) is 66.0 cm³/mol. The Balaban J connectivity index is 2.34. The van der Waals surface area contributed by atoms with Crippen molar-refractivity contribution in [1.82, 2.24) is 0 Å². The fourth-order valence-electron chi connectivity index (χ4n) is 1.37. The zero-order valence-corrected chi connectivity index (χ0v) is 10.6. The Bertz CT molecular complexity index is 559. The van der Waals surface area contributed by atoms with Crippen LogP contribution in [-0.2, 0) is 0 Å². The van der Waals surface area contributed by atoms with Gasteiger partial charge in [0.25, 0.3) is 0 Å². The van der Waals surface area contributed by atoms with Gasteiger partial charge in [-0.05, 0) is 36.4 Å². The summed E-state index contributed by atoms with van der Waals surface area (Å²) in [5.74, 6) is -2.06. The summed E-state index contributed by atoms with van der Waals surface area (Å²) >= 11 is 3.24. The zero-order chi connectivity index (χ0) is 13.1. The first-order chi connectivity index (χ1) is 8.60. The highest BCUT2D eigenvalue weighted by molar-refractivity contribution is 9.10. The van der Waals surface area contributed by atoms with Gasteiger partial charge in [-0.25, -0.2) is 8.78 Å². The monoisotopic (exact) mass is 312 g/mol. The van der Waals surface area contributed by atoms with E-state index < -0.39 is 17.4 Å². The van der Waals surface area contributed by atoms with E-state index in [0.717, 1.165) is 16.6 Å². The average molecular weight is 313 g/mol. The van der Waals surface area contributed by atoms with Gasteiger partial charge in [-0.3, -0.25) is 4.79 Å². The molecule has 0 radical (unpaired) electrons. The van der Waals surface area contributed by atoms with E-state index in [-0.39, 0.29) is 5.56 Å². The van der Waals surface area contributed by atoms with Gasteiger partial charge in [-0.1, -0.05) is 15.9 Å². The minimum atomic E-state index is -0.917. The molecule has 0 saturated carbocycles. The van der Waals surface area contributed by atoms with Crippen LogP contribution in [0.25, 0.3) is 0 Å². The molecule has 0 aromatic heterocycles. The minimum Gasteiger partial charge on any atom is -0.451 e. The number of carbonyl (C=O) groups is 1. The van der Waals surface area contributed by atoms with Crippen LogP contribution < -0.4 is 4.74 Å². The zero-order valence-electron chi connectivity index (χ0n) is 8.99. The van der Waals surface area contributed by atoms with Gasteiger partial charge in [0.2, 0.25) is 0 Å². The normalized spacial score (nSPS) is 10.2. The van der Waals surface area contributed by atoms with Crippen LogP contribution >= 0.6 is 15.9 Å². The van der Waals surface area contributed by atoms with Crippen LogP contribution in [0.5, 0.6) is 11.5 Å². The Hall–Kier alpha value is -1.75. The highest BCUT2D eigenvalue weighted by atomic mass is 79.9. The average Bonchev–Trinajstić information content (AvgIpc) is 2.35. The molecule has 0 saturated heterocycles. The largest absolute Gasteiger partial charge is 0.451 e. The predicted octanol–water partition coefficient (Wildman–Crippen LogP) is 4.33. The van der Waals surface area contributed by atoms with E-state index in [1.807, 2.05) is 0 Å². The summed E-state index contributed by atoms with van der Waals surface area (Å²) in [6, 6.07) is 8.34. The lowest BCUT2D eigenvalue weighted by Crippen LogP contribution is -1.95. The van der Waals surface area contributed by atoms with Gasteiger partial charge in [0.15, 0.2) is 17.4 Å². The van der Waals surface area contributed by atoms with Crippen LogP contribution in [0, 0.1) is 11.6 Å². The molecule has 0 spiro atoms. The van der Waals surface area contributed by atoms with Crippen LogP contribution in [0.1, 0.15) is 10.4 Å². The van der Waals surface area contributed by atoms with Crippen molar-refractivity contribution in [3.05, 3.63) is 58.1 Å². The van der Waals surface area contributed by atoms with E-state index in [4.69, 9.17) is 4.74 Å². The molecule has 18 heavy (non-hydrogen) atoms. The maximum atomic E-state index is 13.5. The van der Waals surface area contributed by atoms with Gasteiger partial charge in [0.1, 0.15) is 12.0 Å². The number of ether oxygens (including phenoxy) is 1. The van der Waals surface area contributed by atoms with Crippen molar-refractivity contribution in [2.24, 2.45) is 0 Å². The number of hydrogen-bond donors (Lipinski definition) is 0. The van der Waals surface area contributed by atoms with Gasteiger partial charge >= 0.3 is 0 Å². The first-order valence-electron chi connectivity index (χ1n) is 4.98. The molecule has 0 N–H and O–H groups in total. The maximum absolute atomic E-state index is 13.5. The van der Waals surface area contributed by atoms with Crippen molar-refractivity contribution >= 4 is 22.2 Å². The number of carbonyl (C=O) groups excluding carboxylic acids is 1. The van der Waals surface area contributed by atoms with Crippen LogP contribution in [0.2, 0.25) is 0 Å². The molecule has 0 unspecified atom stereocenters. The van der Waals surface area contributed by atoms with E-state index in [1.54, 1.807) is 24.3 Å². The fraction of sp³-hybridized carbons (Fsp3) is 0. The summed E-state index contributed by atoms with van der Waals surface area (Å²) in [5.41, 5.74) is -0.0758. The second-order valence-corrected chi connectivity index (χ2v) is 4.40. The van der Waals surface area contributed by atoms with Gasteiger partial charge < -0.3 is 4.74 Å². The third-order valence-electron chi connectivity index (χ3n) is 2.19. The molecule has 0 fully saturated rings. The molecule has 2 aromatic carbocycles. The molecular weight excluding hydrogens is 306 g/mol. The van der Waals surface area contributed by atoms with E-state index in [1.165, 1.54) is 0 Å². The Kier molecular flexibility index (Phi) is 3.72. The van der Waals surface area contributed by atoms with Gasteiger partial charge in [-0.15, -0.1) is 0 Å². The molecule has 92 valence electrons. The van der Waals surface area contributed by atoms with Gasteiger partial charge in [0, 0.05) is 10.0 Å². The number of hydrogen-bond acceptors (Lipinski definition) is 2. The number of benzene rings is 2. The number of rotatable bonds is 3. The Morgan fingerprint density at radius 3 is 2.11 bits per heavy atom. The van der Waals surface area contributed by atoms with Crippen molar-refractivity contribution < 1.29 is 18.3 Å². The van der Waals surface area contributed by atoms with Crippen molar-refractivity contribution in [3.8, 4) is 11.5 Å². The fourth-order valence-corrected chi connectivity index (χ4v) is 1.63. The van der Waals surface area contributed by atoms with Crippen molar-refractivity contribution in [2.45, 2.75) is 0 Å². The summed E-state index contributed by atoms with van der Waals surface area (Å²) in [6.07, 6.45) is 0.371. The van der Waals surface area contributed by atoms with Crippen molar-refractivity contribution in [2.75, 3.05) is 0 Å². The highest BCUT2D eigenvalue weighted by Crippen LogP contribution is 2.29. The smallest absolute Gasteiger partial charge is 0.198 e. The topological polar surface area (TPSA) is 26.3 Å². The Labute approximate surface area is 110 Å². The van der Waals surface area contributed by atoms with E-state index in [9.17, 15) is 13.6 Å². The third kappa shape index (κ3) is 2.73. The minimum absolute atomic E-state index is 0.0758. The van der Waals surface area contributed by atoms with Crippen LogP contribution in [0.4, 0.5) is 8.78 Å². The summed E-state index contributed by atoms with van der Waals surface area (Å²) in [7, 11) is 0. The Morgan fingerprint density at radius 2 is 1.61 bits per heavy atom. The van der Waals surface area contributed by atoms with Crippen molar-refractivity contribution in [3.63, 3.8) is 0 Å². The molecule has 5 heteroatoms. The lowest BCUT2D eigenvalue weighted by atomic mass is 10.2. The van der Waals surface area contributed by atoms with E-state index in [2.05, 4.69) is 15.9 Å². The number of aldehydes is 1. The van der Waals surface area contributed by atoms with E-state index in [0.29, 0.717) is 12.0 Å². The molecule has 0 atom stereocenters. The van der Waals surface area contributed by atoms with Gasteiger partial charge in [-0.2, -0.15) is 0 Å². The maximum Gasteiger partial charge on any atom is 0.198 e. The van der Waals surface area contributed by atoms with Crippen molar-refractivity contribution in [1.29, 1.82) is 0 Å². The van der Waals surface area contributed by atoms with Crippen LogP contribution in [0.15, 0.2) is 40.9 Å². The summed E-state index contributed by atoms with van der Waals surface area (Å²) in [4.78, 5) is 10.4. The molecular formula is C13H7BrF2O2. The Morgan fingerprint density at radius 1 is 1.06 bits per heavy atom. The SMILES string of the molecule is O=Cc1cc(F)c(Oc2ccc(Br)cc2)c(F)c1. The first-order valence-corrected chi connectivity index (χ1v) is 5.77. The molecule has 0 heterocycles. The lowest BCUT2D eigenvalue weighted by molar-refractivity contribution is 0.112. The highest BCUT2D eigenvalue weighted by Gasteiger charge is 2.13. The van der Waals surface area contributed by atoms with E-state index >= 15 is 0 Å². The standard InChI is InChI=1S/C13H7BrF2O2/c14-9-1-3-10(4-2-9)18-13-11(15)5-8(7-17)6-12(13)16/h1-7H. The molecule has 0 aliphatic carbocycles. The second kappa shape index (κ2) is 5.27. The molecule has 0 bridgehead atoms. The van der Waals surface area contributed by atoms with Gasteiger partial charge in [0.05, 0.1) is 0 Å². The molecule has 0 aliphatic rings. The molecule has 0 aliphatic heterocycles. The summed E-state index contributed by atoms with van der Waals surface area (Å²) in [5, 5.41) is 0. The lowest BCUT2D eigenvalue weighted by Gasteiger charge is -2.08. The first kappa shape index (κ1) is 12.7. The summed E-state index contributed by atoms with van der Waals surface area (Å²) in [6.45, 7) is 0. The summed E-state index contributed by atoms with van der Waals surface area (Å²) < 4.78 is 33.0. The van der Waals surface area contributed by atoms with Crippen LogP contribution in [0.3, 0.4) is 0 Å². The second-order valence-electron chi connectivity index (χ2n) is 3.49. The van der Waals surface area contributed by atoms with Crippen LogP contribution in [-0.4, -0.2) is 6.29 Å². The molecule has 0 amide bonds. The number of halogens is 3. The molecule has 2 aromatic rings. The molecule has 2 nitrogen and oxygen atoms in total. The quantitative estimate of drug-likeness (QED) is 0.788. The molecule has 2 rings (SSSR count). The third-order valence-corrected chi connectivity index (χ3v) is 2.72.